The number of fused-ring (bicyclic) bond motifs is 1. The van der Waals surface area contributed by atoms with Crippen LogP contribution in [0.1, 0.15) is 6.42 Å². The molecule has 0 aliphatic carbocycles. The Morgan fingerprint density at radius 2 is 2.07 bits per heavy atom. The molecule has 0 aliphatic rings. The van der Waals surface area contributed by atoms with E-state index in [-0.39, 0.29) is 0 Å². The van der Waals surface area contributed by atoms with Crippen molar-refractivity contribution < 1.29 is 4.74 Å². The van der Waals surface area contributed by atoms with Gasteiger partial charge in [-0.15, -0.1) is 0 Å². The highest BCUT2D eigenvalue weighted by Crippen LogP contribution is 2.22. The summed E-state index contributed by atoms with van der Waals surface area (Å²) in [5, 5.41) is 2.08. The van der Waals surface area contributed by atoms with E-state index in [1.807, 2.05) is 30.3 Å². The fraction of sp³-hybridized carbons (Fsp3) is 0.250. The molecule has 0 saturated heterocycles. The highest BCUT2D eigenvalue weighted by atomic mass is 79.9. The van der Waals surface area contributed by atoms with Crippen molar-refractivity contribution >= 4 is 26.8 Å². The van der Waals surface area contributed by atoms with Gasteiger partial charge in [-0.3, -0.25) is 4.98 Å². The summed E-state index contributed by atoms with van der Waals surface area (Å²) in [6, 6.07) is 9.97. The van der Waals surface area contributed by atoms with E-state index in [0.29, 0.717) is 0 Å². The highest BCUT2D eigenvalue weighted by Gasteiger charge is 2.01. The third-order valence-electron chi connectivity index (χ3n) is 2.13. The number of ether oxygens (including phenoxy) is 1. The Morgan fingerprint density at radius 3 is 2.93 bits per heavy atom. The molecule has 3 heteroatoms. The van der Waals surface area contributed by atoms with Gasteiger partial charge in [0.25, 0.3) is 0 Å². The van der Waals surface area contributed by atoms with Crippen molar-refractivity contribution in [3.05, 3.63) is 36.5 Å². The van der Waals surface area contributed by atoms with E-state index in [2.05, 4.69) is 20.9 Å². The molecule has 78 valence electrons. The van der Waals surface area contributed by atoms with Crippen molar-refractivity contribution in [1.29, 1.82) is 0 Å². The molecule has 0 radical (unpaired) electrons. The standard InChI is InChI=1S/C12H12BrNO/c13-7-3-9-15-11-6-1-4-10-5-2-8-14-12(10)11/h1-2,4-6,8H,3,7,9H2. The number of halogens is 1. The molecule has 0 unspecified atom stereocenters. The van der Waals surface area contributed by atoms with E-state index >= 15 is 0 Å². The molecule has 2 nitrogen and oxygen atoms in total. The first-order valence-electron chi connectivity index (χ1n) is 4.94. The van der Waals surface area contributed by atoms with E-state index < -0.39 is 0 Å². The summed E-state index contributed by atoms with van der Waals surface area (Å²) in [5.74, 6) is 0.869. The second-order valence-electron chi connectivity index (χ2n) is 3.22. The summed E-state index contributed by atoms with van der Waals surface area (Å²) < 4.78 is 5.67. The van der Waals surface area contributed by atoms with Crippen molar-refractivity contribution in [3.8, 4) is 5.75 Å². The molecule has 0 atom stereocenters. The van der Waals surface area contributed by atoms with Crippen LogP contribution in [0.2, 0.25) is 0 Å². The van der Waals surface area contributed by atoms with Crippen LogP contribution in [0.5, 0.6) is 5.75 Å². The number of alkyl halides is 1. The van der Waals surface area contributed by atoms with Crippen molar-refractivity contribution in [2.45, 2.75) is 6.42 Å². The Balaban J connectivity index is 2.26. The maximum atomic E-state index is 5.67. The number of benzene rings is 1. The molecule has 0 N–H and O–H groups in total. The summed E-state index contributed by atoms with van der Waals surface area (Å²) in [5.41, 5.74) is 0.939. The van der Waals surface area contributed by atoms with Crippen molar-refractivity contribution in [1.82, 2.24) is 4.98 Å². The molecule has 15 heavy (non-hydrogen) atoms. The van der Waals surface area contributed by atoms with Crippen molar-refractivity contribution in [2.24, 2.45) is 0 Å². The first-order valence-corrected chi connectivity index (χ1v) is 6.06. The van der Waals surface area contributed by atoms with Crippen LogP contribution >= 0.6 is 15.9 Å². The molecule has 1 aromatic carbocycles. The first-order chi connectivity index (χ1) is 7.42. The van der Waals surface area contributed by atoms with Crippen LogP contribution in [0.3, 0.4) is 0 Å². The number of para-hydroxylation sites is 1. The van der Waals surface area contributed by atoms with Gasteiger partial charge in [-0.05, 0) is 18.6 Å². The van der Waals surface area contributed by atoms with Gasteiger partial charge < -0.3 is 4.74 Å². The van der Waals surface area contributed by atoms with Gasteiger partial charge in [-0.1, -0.05) is 34.1 Å². The number of aromatic nitrogens is 1. The fourth-order valence-electron chi connectivity index (χ4n) is 1.43. The molecule has 2 aromatic rings. The molecule has 0 amide bonds. The fourth-order valence-corrected chi connectivity index (χ4v) is 1.66. The van der Waals surface area contributed by atoms with Crippen molar-refractivity contribution in [3.63, 3.8) is 0 Å². The van der Waals surface area contributed by atoms with Crippen LogP contribution < -0.4 is 4.74 Å². The van der Waals surface area contributed by atoms with E-state index in [1.165, 1.54) is 0 Å². The smallest absolute Gasteiger partial charge is 0.145 e. The Labute approximate surface area is 97.4 Å². The number of nitrogens with zero attached hydrogens (tertiary/aromatic N) is 1. The van der Waals surface area contributed by atoms with Gasteiger partial charge in [0.15, 0.2) is 0 Å². The van der Waals surface area contributed by atoms with Crippen LogP contribution in [-0.2, 0) is 0 Å². The second-order valence-corrected chi connectivity index (χ2v) is 4.02. The third-order valence-corrected chi connectivity index (χ3v) is 2.69. The van der Waals surface area contributed by atoms with Gasteiger partial charge in [-0.2, -0.15) is 0 Å². The number of pyridine rings is 1. The molecule has 0 aliphatic heterocycles. The van der Waals surface area contributed by atoms with Crippen molar-refractivity contribution in [2.75, 3.05) is 11.9 Å². The molecule has 0 bridgehead atoms. The van der Waals surface area contributed by atoms with E-state index in [9.17, 15) is 0 Å². The molecule has 1 aromatic heterocycles. The van der Waals surface area contributed by atoms with Crippen LogP contribution in [0.15, 0.2) is 36.5 Å². The van der Waals surface area contributed by atoms with E-state index in [0.717, 1.165) is 35.0 Å². The Bertz CT molecular complexity index is 439. The number of hydrogen-bond acceptors (Lipinski definition) is 2. The average molecular weight is 266 g/mol. The topological polar surface area (TPSA) is 22.1 Å². The van der Waals surface area contributed by atoms with Crippen LogP contribution in [-0.4, -0.2) is 16.9 Å². The molecular weight excluding hydrogens is 254 g/mol. The second kappa shape index (κ2) is 5.12. The van der Waals surface area contributed by atoms with Gasteiger partial charge in [0, 0.05) is 16.9 Å². The normalized spacial score (nSPS) is 10.5. The van der Waals surface area contributed by atoms with Gasteiger partial charge in [0.05, 0.1) is 6.61 Å². The van der Waals surface area contributed by atoms with Gasteiger partial charge in [0.2, 0.25) is 0 Å². The first kappa shape index (κ1) is 10.4. The zero-order valence-electron chi connectivity index (χ0n) is 8.32. The molecule has 1 heterocycles. The number of hydrogen-bond donors (Lipinski definition) is 0. The lowest BCUT2D eigenvalue weighted by atomic mass is 10.2. The highest BCUT2D eigenvalue weighted by molar-refractivity contribution is 9.09. The Morgan fingerprint density at radius 1 is 1.20 bits per heavy atom. The van der Waals surface area contributed by atoms with Gasteiger partial charge in [0.1, 0.15) is 11.3 Å². The molecular formula is C12H12BrNO. The maximum Gasteiger partial charge on any atom is 0.145 e. The summed E-state index contributed by atoms with van der Waals surface area (Å²) in [6.07, 6.45) is 2.79. The van der Waals surface area contributed by atoms with Crippen LogP contribution in [0.4, 0.5) is 0 Å². The van der Waals surface area contributed by atoms with E-state index in [4.69, 9.17) is 4.74 Å². The molecule has 2 rings (SSSR count). The Hall–Kier alpha value is -1.09. The summed E-state index contributed by atoms with van der Waals surface area (Å²) >= 11 is 3.38. The zero-order valence-corrected chi connectivity index (χ0v) is 9.90. The van der Waals surface area contributed by atoms with Gasteiger partial charge in [-0.25, -0.2) is 0 Å². The Kier molecular flexibility index (Phi) is 3.56. The minimum Gasteiger partial charge on any atom is -0.491 e. The quantitative estimate of drug-likeness (QED) is 0.625. The predicted octanol–water partition coefficient (Wildman–Crippen LogP) is 3.40. The SMILES string of the molecule is BrCCCOc1cccc2cccnc12. The maximum absolute atomic E-state index is 5.67. The summed E-state index contributed by atoms with van der Waals surface area (Å²) in [7, 11) is 0. The minimum atomic E-state index is 0.723. The largest absolute Gasteiger partial charge is 0.491 e. The molecule has 0 saturated carbocycles. The summed E-state index contributed by atoms with van der Waals surface area (Å²) in [6.45, 7) is 0.723. The molecule has 0 fully saturated rings. The minimum absolute atomic E-state index is 0.723. The third kappa shape index (κ3) is 2.48. The van der Waals surface area contributed by atoms with E-state index in [1.54, 1.807) is 6.20 Å². The van der Waals surface area contributed by atoms with Crippen LogP contribution in [0.25, 0.3) is 10.9 Å². The zero-order chi connectivity index (χ0) is 10.5. The lowest BCUT2D eigenvalue weighted by Crippen LogP contribution is -1.98. The lowest BCUT2D eigenvalue weighted by molar-refractivity contribution is 0.322. The summed E-state index contributed by atoms with van der Waals surface area (Å²) in [4.78, 5) is 4.32. The lowest BCUT2D eigenvalue weighted by Gasteiger charge is -2.07. The monoisotopic (exact) mass is 265 g/mol. The molecule has 0 spiro atoms. The van der Waals surface area contributed by atoms with Crippen LogP contribution in [0, 0.1) is 0 Å². The average Bonchev–Trinajstić information content (AvgIpc) is 2.30. The van der Waals surface area contributed by atoms with Gasteiger partial charge >= 0.3 is 0 Å². The number of rotatable bonds is 4. The predicted molar refractivity (Wildman–Crippen MR) is 65.6 cm³/mol.